The third-order valence-corrected chi connectivity index (χ3v) is 3.17. The summed E-state index contributed by atoms with van der Waals surface area (Å²) in [5.41, 5.74) is 1.06. The van der Waals surface area contributed by atoms with E-state index in [-0.39, 0.29) is 12.2 Å². The van der Waals surface area contributed by atoms with Gasteiger partial charge in [0.05, 0.1) is 6.61 Å². The van der Waals surface area contributed by atoms with Crippen molar-refractivity contribution in [2.45, 2.75) is 31.8 Å². The Bertz CT molecular complexity index is 482. The Balaban J connectivity index is 2.15. The van der Waals surface area contributed by atoms with Crippen LogP contribution in [-0.4, -0.2) is 35.0 Å². The largest absolute Gasteiger partial charge is 0.478 e. The van der Waals surface area contributed by atoms with Crippen molar-refractivity contribution in [2.24, 2.45) is 0 Å². The van der Waals surface area contributed by atoms with Gasteiger partial charge in [0, 0.05) is 11.1 Å². The number of carbonyl (C=O) groups is 1. The zero-order chi connectivity index (χ0) is 14.5. The highest BCUT2D eigenvalue weighted by Crippen LogP contribution is 2.27. The molecule has 2 rings (SSSR count). The lowest BCUT2D eigenvalue weighted by Gasteiger charge is -2.33. The Morgan fingerprint density at radius 2 is 2.10 bits per heavy atom. The molecule has 1 aliphatic heterocycles. The monoisotopic (exact) mass is 278 g/mol. The van der Waals surface area contributed by atoms with Gasteiger partial charge in [0.1, 0.15) is 12.2 Å². The topological polar surface area (TPSA) is 76.0 Å². The van der Waals surface area contributed by atoms with E-state index >= 15 is 0 Å². The predicted octanol–water partition coefficient (Wildman–Crippen LogP) is 1.88. The van der Waals surface area contributed by atoms with Crippen LogP contribution in [0.15, 0.2) is 42.0 Å². The summed E-state index contributed by atoms with van der Waals surface area (Å²) in [5, 5.41) is 18.9. The summed E-state index contributed by atoms with van der Waals surface area (Å²) in [4.78, 5) is 11.0. The van der Waals surface area contributed by atoms with Crippen LogP contribution in [0.25, 0.3) is 0 Å². The Morgan fingerprint density at radius 1 is 1.40 bits per heavy atom. The molecule has 0 aliphatic carbocycles. The maximum atomic E-state index is 11.0. The van der Waals surface area contributed by atoms with Crippen molar-refractivity contribution < 1.29 is 24.5 Å². The third-order valence-electron chi connectivity index (χ3n) is 3.17. The van der Waals surface area contributed by atoms with Crippen LogP contribution in [0.2, 0.25) is 0 Å². The summed E-state index contributed by atoms with van der Waals surface area (Å²) in [6.07, 6.45) is -0.298. The molecule has 1 aliphatic rings. The minimum Gasteiger partial charge on any atom is -0.478 e. The van der Waals surface area contributed by atoms with Crippen molar-refractivity contribution in [1.82, 2.24) is 0 Å². The fraction of sp³-hybridized carbons (Fsp3) is 0.400. The van der Waals surface area contributed by atoms with Crippen LogP contribution in [0.1, 0.15) is 25.2 Å². The number of carboxylic acids is 1. The molecule has 5 heteroatoms. The van der Waals surface area contributed by atoms with Crippen molar-refractivity contribution in [1.29, 1.82) is 0 Å². The van der Waals surface area contributed by atoms with Crippen LogP contribution in [0.4, 0.5) is 0 Å². The number of benzene rings is 1. The Morgan fingerprint density at radius 3 is 2.70 bits per heavy atom. The number of ether oxygens (including phenoxy) is 2. The van der Waals surface area contributed by atoms with Gasteiger partial charge in [-0.1, -0.05) is 37.3 Å². The van der Waals surface area contributed by atoms with E-state index in [0.29, 0.717) is 6.42 Å². The van der Waals surface area contributed by atoms with Gasteiger partial charge in [0.2, 0.25) is 0 Å². The molecule has 1 heterocycles. The number of aliphatic carboxylic acids is 1. The van der Waals surface area contributed by atoms with E-state index in [2.05, 4.69) is 0 Å². The smallest absolute Gasteiger partial charge is 0.331 e. The van der Waals surface area contributed by atoms with E-state index in [4.69, 9.17) is 14.6 Å². The van der Waals surface area contributed by atoms with E-state index in [9.17, 15) is 9.90 Å². The number of hydrogen-bond donors (Lipinski definition) is 2. The molecule has 0 aromatic heterocycles. The van der Waals surface area contributed by atoms with Gasteiger partial charge >= 0.3 is 5.97 Å². The molecule has 1 fully saturated rings. The summed E-state index contributed by atoms with van der Waals surface area (Å²) in [5.74, 6) is -0.994. The lowest BCUT2D eigenvalue weighted by molar-refractivity contribution is -0.244. The summed E-state index contributed by atoms with van der Waals surface area (Å²) in [6, 6.07) is 9.35. The second-order valence-corrected chi connectivity index (χ2v) is 4.59. The van der Waals surface area contributed by atoms with E-state index in [1.807, 2.05) is 30.3 Å². The molecule has 0 bridgehead atoms. The van der Waals surface area contributed by atoms with E-state index in [0.717, 1.165) is 5.56 Å². The molecule has 3 atom stereocenters. The minimum atomic E-state index is -0.994. The third kappa shape index (κ3) is 3.45. The lowest BCUT2D eigenvalue weighted by Crippen LogP contribution is -2.39. The molecule has 1 aromatic carbocycles. The zero-order valence-corrected chi connectivity index (χ0v) is 11.2. The Kier molecular flexibility index (Phi) is 4.89. The van der Waals surface area contributed by atoms with Crippen molar-refractivity contribution in [2.75, 3.05) is 6.61 Å². The molecule has 0 saturated carbocycles. The predicted molar refractivity (Wildman–Crippen MR) is 72.0 cm³/mol. The Labute approximate surface area is 117 Å². The number of aliphatic hydroxyl groups excluding tert-OH is 1. The van der Waals surface area contributed by atoms with Gasteiger partial charge in [-0.2, -0.15) is 0 Å². The van der Waals surface area contributed by atoms with Gasteiger partial charge in [0.15, 0.2) is 6.29 Å². The average molecular weight is 278 g/mol. The fourth-order valence-electron chi connectivity index (χ4n) is 2.03. The molecule has 5 nitrogen and oxygen atoms in total. The van der Waals surface area contributed by atoms with Crippen LogP contribution < -0.4 is 0 Å². The minimum absolute atomic E-state index is 0.108. The van der Waals surface area contributed by atoms with Crippen LogP contribution in [0, 0.1) is 0 Å². The molecule has 108 valence electrons. The van der Waals surface area contributed by atoms with Crippen molar-refractivity contribution >= 4 is 5.97 Å². The van der Waals surface area contributed by atoms with Gasteiger partial charge < -0.3 is 19.7 Å². The quantitative estimate of drug-likeness (QED) is 0.822. The van der Waals surface area contributed by atoms with Crippen molar-refractivity contribution in [3.63, 3.8) is 0 Å². The first-order valence-electron chi connectivity index (χ1n) is 6.56. The fourth-order valence-corrected chi connectivity index (χ4v) is 2.03. The first kappa shape index (κ1) is 14.7. The van der Waals surface area contributed by atoms with Crippen LogP contribution in [-0.2, 0) is 14.3 Å². The van der Waals surface area contributed by atoms with Crippen LogP contribution in [0.3, 0.4) is 0 Å². The maximum Gasteiger partial charge on any atom is 0.331 e. The van der Waals surface area contributed by atoms with Gasteiger partial charge in [0.25, 0.3) is 0 Å². The van der Waals surface area contributed by atoms with Gasteiger partial charge in [-0.15, -0.1) is 0 Å². The van der Waals surface area contributed by atoms with Gasteiger partial charge in [-0.05, 0) is 12.5 Å². The van der Waals surface area contributed by atoms with E-state index < -0.39 is 24.5 Å². The van der Waals surface area contributed by atoms with Crippen LogP contribution >= 0.6 is 0 Å². The zero-order valence-electron chi connectivity index (χ0n) is 11.2. The van der Waals surface area contributed by atoms with Crippen molar-refractivity contribution in [3.8, 4) is 0 Å². The second-order valence-electron chi connectivity index (χ2n) is 4.59. The SMILES string of the molecule is CC/C(=C\[C@@H]1O[C@H](c2ccccc2)OC[C@H]1O)C(=O)O. The highest BCUT2D eigenvalue weighted by molar-refractivity contribution is 5.86. The first-order chi connectivity index (χ1) is 9.61. The standard InChI is InChI=1S/C15H18O5/c1-2-10(14(17)18)8-13-12(16)9-19-15(20-13)11-6-4-3-5-7-11/h3-8,12-13,15-16H,2,9H2,1H3,(H,17,18)/b10-8+/t12-,13+,15-/m1/s1. The molecule has 0 radical (unpaired) electrons. The van der Waals surface area contributed by atoms with Gasteiger partial charge in [-0.25, -0.2) is 4.79 Å². The number of hydrogen-bond acceptors (Lipinski definition) is 4. The van der Waals surface area contributed by atoms with Crippen molar-refractivity contribution in [3.05, 3.63) is 47.5 Å². The Hall–Kier alpha value is -1.69. The molecule has 0 unspecified atom stereocenters. The molecule has 0 amide bonds. The molecular formula is C15H18O5. The molecule has 1 aromatic rings. The number of rotatable bonds is 4. The van der Waals surface area contributed by atoms with E-state index in [1.165, 1.54) is 6.08 Å². The maximum absolute atomic E-state index is 11.0. The first-order valence-corrected chi connectivity index (χ1v) is 6.56. The molecule has 0 spiro atoms. The summed E-state index contributed by atoms with van der Waals surface area (Å²) < 4.78 is 11.1. The molecule has 1 saturated heterocycles. The normalized spacial score (nSPS) is 27.3. The van der Waals surface area contributed by atoms with E-state index in [1.54, 1.807) is 6.92 Å². The lowest BCUT2D eigenvalue weighted by atomic mass is 10.1. The summed E-state index contributed by atoms with van der Waals surface area (Å²) in [6.45, 7) is 1.86. The summed E-state index contributed by atoms with van der Waals surface area (Å²) >= 11 is 0. The highest BCUT2D eigenvalue weighted by atomic mass is 16.7. The van der Waals surface area contributed by atoms with Crippen LogP contribution in [0.5, 0.6) is 0 Å². The van der Waals surface area contributed by atoms with Gasteiger partial charge in [-0.3, -0.25) is 0 Å². The second kappa shape index (κ2) is 6.65. The average Bonchev–Trinajstić information content (AvgIpc) is 2.47. The molecule has 20 heavy (non-hydrogen) atoms. The highest BCUT2D eigenvalue weighted by Gasteiger charge is 2.30. The molecular weight excluding hydrogens is 260 g/mol. The summed E-state index contributed by atoms with van der Waals surface area (Å²) in [7, 11) is 0. The number of carboxylic acid groups (broad SMARTS) is 1. The molecule has 2 N–H and O–H groups in total. The number of aliphatic hydroxyl groups is 1.